The van der Waals surface area contributed by atoms with Crippen molar-refractivity contribution in [3.63, 3.8) is 0 Å². The maximum atomic E-state index is 5.47. The van der Waals surface area contributed by atoms with Crippen LogP contribution >= 0.6 is 11.3 Å². The fraction of sp³-hybridized carbons (Fsp3) is 0.333. The van der Waals surface area contributed by atoms with E-state index in [0.717, 1.165) is 23.4 Å². The minimum absolute atomic E-state index is 0.425. The molecule has 0 saturated carbocycles. The molecular formula is C12H14N6OS. The minimum Gasteiger partial charge on any atom is -0.337 e. The molecule has 0 aromatic carbocycles. The number of nitrogens with zero attached hydrogens (tertiary/aromatic N) is 5. The summed E-state index contributed by atoms with van der Waals surface area (Å²) in [4.78, 5) is 5.33. The summed E-state index contributed by atoms with van der Waals surface area (Å²) in [5, 5.41) is 14.0. The van der Waals surface area contributed by atoms with Crippen LogP contribution in [0.2, 0.25) is 0 Å². The van der Waals surface area contributed by atoms with Crippen molar-refractivity contribution in [3.8, 4) is 10.7 Å². The van der Waals surface area contributed by atoms with E-state index in [2.05, 4.69) is 20.5 Å². The van der Waals surface area contributed by atoms with Crippen molar-refractivity contribution in [2.75, 3.05) is 6.54 Å². The maximum absolute atomic E-state index is 5.47. The summed E-state index contributed by atoms with van der Waals surface area (Å²) in [5.74, 6) is 1.13. The van der Waals surface area contributed by atoms with E-state index in [-0.39, 0.29) is 0 Å². The highest BCUT2D eigenvalue weighted by Gasteiger charge is 2.10. The van der Waals surface area contributed by atoms with Gasteiger partial charge < -0.3 is 10.3 Å². The van der Waals surface area contributed by atoms with Crippen LogP contribution in [-0.2, 0) is 13.0 Å². The molecule has 3 aromatic heterocycles. The first-order valence-electron chi connectivity index (χ1n) is 6.30. The van der Waals surface area contributed by atoms with E-state index >= 15 is 0 Å². The zero-order valence-corrected chi connectivity index (χ0v) is 11.6. The van der Waals surface area contributed by atoms with Crippen LogP contribution < -0.4 is 5.73 Å². The largest absolute Gasteiger partial charge is 0.337 e. The van der Waals surface area contributed by atoms with Gasteiger partial charge in [-0.05, 0) is 30.8 Å². The van der Waals surface area contributed by atoms with E-state index in [1.165, 1.54) is 0 Å². The molecule has 0 aliphatic heterocycles. The van der Waals surface area contributed by atoms with Crippen molar-refractivity contribution in [1.29, 1.82) is 0 Å². The van der Waals surface area contributed by atoms with Gasteiger partial charge in [-0.1, -0.05) is 16.4 Å². The third-order valence-electron chi connectivity index (χ3n) is 2.73. The molecule has 2 N–H and O–H groups in total. The van der Waals surface area contributed by atoms with Crippen molar-refractivity contribution in [1.82, 2.24) is 25.1 Å². The first-order valence-corrected chi connectivity index (χ1v) is 7.18. The highest BCUT2D eigenvalue weighted by atomic mass is 32.1. The lowest BCUT2D eigenvalue weighted by Gasteiger charge is -1.93. The second kappa shape index (κ2) is 5.93. The Bertz CT molecular complexity index is 659. The molecule has 3 rings (SSSR count). The third kappa shape index (κ3) is 2.91. The molecule has 0 fully saturated rings. The molecule has 0 radical (unpaired) electrons. The Morgan fingerprint density at radius 1 is 1.40 bits per heavy atom. The van der Waals surface area contributed by atoms with E-state index in [1.807, 2.05) is 23.7 Å². The molecule has 0 atom stereocenters. The topological polar surface area (TPSA) is 95.7 Å². The van der Waals surface area contributed by atoms with Gasteiger partial charge in [0.2, 0.25) is 11.7 Å². The summed E-state index contributed by atoms with van der Waals surface area (Å²) in [6.45, 7) is 1.08. The van der Waals surface area contributed by atoms with E-state index in [4.69, 9.17) is 10.3 Å². The number of aryl methyl sites for hydroxylation is 1. The third-order valence-corrected chi connectivity index (χ3v) is 3.60. The van der Waals surface area contributed by atoms with E-state index in [1.54, 1.807) is 16.0 Å². The van der Waals surface area contributed by atoms with Gasteiger partial charge in [0.15, 0.2) is 0 Å². The molecule has 7 nitrogen and oxygen atoms in total. The Morgan fingerprint density at radius 3 is 3.15 bits per heavy atom. The van der Waals surface area contributed by atoms with E-state index < -0.39 is 0 Å². The summed E-state index contributed by atoms with van der Waals surface area (Å²) >= 11 is 1.58. The van der Waals surface area contributed by atoms with E-state index in [0.29, 0.717) is 24.8 Å². The average molecular weight is 290 g/mol. The summed E-state index contributed by atoms with van der Waals surface area (Å²) in [7, 11) is 0. The predicted octanol–water partition coefficient (Wildman–Crippen LogP) is 1.33. The van der Waals surface area contributed by atoms with Crippen LogP contribution in [0.1, 0.15) is 18.0 Å². The Morgan fingerprint density at radius 2 is 2.35 bits per heavy atom. The Hall–Kier alpha value is -2.06. The second-order valence-electron chi connectivity index (χ2n) is 4.29. The molecule has 0 unspecified atom stereocenters. The van der Waals surface area contributed by atoms with Crippen LogP contribution in [-0.4, -0.2) is 31.7 Å². The summed E-state index contributed by atoms with van der Waals surface area (Å²) in [6, 6.07) is 3.91. The normalized spacial score (nSPS) is 11.1. The minimum atomic E-state index is 0.425. The summed E-state index contributed by atoms with van der Waals surface area (Å²) in [5.41, 5.74) is 6.39. The molecule has 8 heteroatoms. The van der Waals surface area contributed by atoms with Crippen molar-refractivity contribution < 1.29 is 4.52 Å². The maximum Gasteiger partial charge on any atom is 0.248 e. The highest BCUT2D eigenvalue weighted by Crippen LogP contribution is 2.21. The summed E-state index contributed by atoms with van der Waals surface area (Å²) < 4.78 is 6.91. The van der Waals surface area contributed by atoms with Crippen LogP contribution in [0.4, 0.5) is 0 Å². The van der Waals surface area contributed by atoms with Crippen LogP contribution in [0.15, 0.2) is 28.2 Å². The molecule has 3 heterocycles. The van der Waals surface area contributed by atoms with Crippen LogP contribution in [0, 0.1) is 0 Å². The molecule has 20 heavy (non-hydrogen) atoms. The van der Waals surface area contributed by atoms with Gasteiger partial charge in [0.25, 0.3) is 0 Å². The zero-order valence-electron chi connectivity index (χ0n) is 10.8. The van der Waals surface area contributed by atoms with Crippen molar-refractivity contribution in [3.05, 3.63) is 35.3 Å². The van der Waals surface area contributed by atoms with Crippen molar-refractivity contribution in [2.45, 2.75) is 19.4 Å². The second-order valence-corrected chi connectivity index (χ2v) is 5.24. The van der Waals surface area contributed by atoms with Crippen LogP contribution in [0.25, 0.3) is 10.7 Å². The van der Waals surface area contributed by atoms with Crippen molar-refractivity contribution >= 4 is 11.3 Å². The SMILES string of the molecule is NCCCc1cn(Cc2nc(-c3cccs3)no2)nn1. The lowest BCUT2D eigenvalue weighted by atomic mass is 10.2. The standard InChI is InChI=1S/C12H14N6OS/c13-5-1-3-9-7-18(17-15-9)8-11-14-12(16-19-11)10-4-2-6-20-10/h2,4,6-7H,1,3,5,8,13H2. The number of thiophene rings is 1. The summed E-state index contributed by atoms with van der Waals surface area (Å²) in [6.07, 6.45) is 3.62. The molecule has 0 spiro atoms. The Balaban J connectivity index is 1.67. The van der Waals surface area contributed by atoms with Gasteiger partial charge in [-0.2, -0.15) is 4.98 Å². The molecule has 3 aromatic rings. The molecule has 0 amide bonds. The van der Waals surface area contributed by atoms with Crippen molar-refractivity contribution in [2.24, 2.45) is 5.73 Å². The smallest absolute Gasteiger partial charge is 0.248 e. The quantitative estimate of drug-likeness (QED) is 0.735. The number of rotatable bonds is 6. The highest BCUT2D eigenvalue weighted by molar-refractivity contribution is 7.13. The molecule has 0 bridgehead atoms. The lowest BCUT2D eigenvalue weighted by Crippen LogP contribution is -2.01. The van der Waals surface area contributed by atoms with Gasteiger partial charge in [-0.3, -0.25) is 0 Å². The first kappa shape index (κ1) is 12.9. The van der Waals surface area contributed by atoms with Crippen LogP contribution in [0.5, 0.6) is 0 Å². The molecule has 0 saturated heterocycles. The number of hydrogen-bond acceptors (Lipinski definition) is 7. The molecule has 104 valence electrons. The Kier molecular flexibility index (Phi) is 3.84. The molecule has 0 aliphatic rings. The van der Waals surface area contributed by atoms with Crippen LogP contribution in [0.3, 0.4) is 0 Å². The zero-order chi connectivity index (χ0) is 13.8. The lowest BCUT2D eigenvalue weighted by molar-refractivity contribution is 0.364. The average Bonchev–Trinajstić information content (AvgIpc) is 3.18. The van der Waals surface area contributed by atoms with Gasteiger partial charge in [-0.15, -0.1) is 16.4 Å². The molecule has 0 aliphatic carbocycles. The molecular weight excluding hydrogens is 276 g/mol. The van der Waals surface area contributed by atoms with Gasteiger partial charge >= 0.3 is 0 Å². The number of nitrogens with two attached hydrogens (primary N) is 1. The monoisotopic (exact) mass is 290 g/mol. The van der Waals surface area contributed by atoms with Gasteiger partial charge in [0, 0.05) is 6.20 Å². The Labute approximate surface area is 119 Å². The van der Waals surface area contributed by atoms with Gasteiger partial charge in [0.05, 0.1) is 10.6 Å². The van der Waals surface area contributed by atoms with Gasteiger partial charge in [0.1, 0.15) is 6.54 Å². The van der Waals surface area contributed by atoms with Gasteiger partial charge in [-0.25, -0.2) is 4.68 Å². The first-order chi connectivity index (χ1) is 9.85. The fourth-order valence-corrected chi connectivity index (χ4v) is 2.43. The van der Waals surface area contributed by atoms with E-state index in [9.17, 15) is 0 Å². The predicted molar refractivity (Wildman–Crippen MR) is 74.1 cm³/mol. The number of hydrogen-bond donors (Lipinski definition) is 1. The fourth-order valence-electron chi connectivity index (χ4n) is 1.78. The number of aromatic nitrogens is 5.